The van der Waals surface area contributed by atoms with Crippen LogP contribution in [0.4, 0.5) is 5.82 Å². The Kier molecular flexibility index (Phi) is 8.72. The number of benzene rings is 1. The van der Waals surface area contributed by atoms with E-state index in [1.54, 1.807) is 0 Å². The predicted octanol–water partition coefficient (Wildman–Crippen LogP) is 4.12. The number of piperidine rings is 1. The highest BCUT2D eigenvalue weighted by Gasteiger charge is 2.31. The van der Waals surface area contributed by atoms with Crippen molar-refractivity contribution in [3.8, 4) is 0 Å². The van der Waals surface area contributed by atoms with Crippen LogP contribution in [0.1, 0.15) is 61.9 Å². The lowest BCUT2D eigenvalue weighted by Gasteiger charge is -2.36. The fraction of sp³-hybridized carbons (Fsp3) is 0.556. The Balaban J connectivity index is 1.18. The minimum atomic E-state index is -0.300. The number of aryl methyl sites for hydroxylation is 2. The van der Waals surface area contributed by atoms with Crippen molar-refractivity contribution in [2.24, 2.45) is 0 Å². The number of fused-ring (bicyclic) bond motifs is 1. The van der Waals surface area contributed by atoms with Gasteiger partial charge >= 0.3 is 5.97 Å². The molecule has 2 aliphatic heterocycles. The zero-order chi connectivity index (χ0) is 22.9. The molecule has 178 valence electrons. The van der Waals surface area contributed by atoms with E-state index in [0.29, 0.717) is 12.6 Å². The molecule has 0 saturated carbocycles. The lowest BCUT2D eigenvalue weighted by atomic mass is 9.99. The molecule has 1 atom stereocenters. The van der Waals surface area contributed by atoms with Crippen LogP contribution in [0, 0.1) is 0 Å². The summed E-state index contributed by atoms with van der Waals surface area (Å²) in [5.41, 5.74) is 3.58. The highest BCUT2D eigenvalue weighted by molar-refractivity contribution is 5.77. The predicted molar refractivity (Wildman–Crippen MR) is 132 cm³/mol. The second-order valence-electron chi connectivity index (χ2n) is 9.13. The number of ether oxygens (including phenoxy) is 1. The van der Waals surface area contributed by atoms with Gasteiger partial charge in [-0.3, -0.25) is 4.90 Å². The van der Waals surface area contributed by atoms with Crippen molar-refractivity contribution in [1.29, 1.82) is 0 Å². The quantitative estimate of drug-likeness (QED) is 0.419. The molecule has 2 aromatic rings. The van der Waals surface area contributed by atoms with Gasteiger partial charge in [0.1, 0.15) is 11.9 Å². The Morgan fingerprint density at radius 2 is 2.00 bits per heavy atom. The number of anilines is 1. The highest BCUT2D eigenvalue weighted by Crippen LogP contribution is 2.26. The third kappa shape index (κ3) is 6.55. The summed E-state index contributed by atoms with van der Waals surface area (Å²) >= 11 is 0. The first-order chi connectivity index (χ1) is 16.2. The molecule has 0 spiro atoms. The molecule has 2 aliphatic rings. The molecule has 3 heterocycles. The van der Waals surface area contributed by atoms with Crippen molar-refractivity contribution in [3.05, 3.63) is 59.3 Å². The molecule has 1 fully saturated rings. The Labute approximate surface area is 198 Å². The number of unbranched alkanes of at least 4 members (excludes halogenated alkanes) is 1. The summed E-state index contributed by atoms with van der Waals surface area (Å²) in [7, 11) is 0. The van der Waals surface area contributed by atoms with Gasteiger partial charge in [-0.2, -0.15) is 0 Å². The summed E-state index contributed by atoms with van der Waals surface area (Å²) in [4.78, 5) is 19.8. The molecule has 0 bridgehead atoms. The molecule has 6 nitrogen and oxygen atoms in total. The number of carbonyl (C=O) groups excluding carboxylic acids is 1. The summed E-state index contributed by atoms with van der Waals surface area (Å²) in [6, 6.07) is 14.7. The number of hydrogen-bond acceptors (Lipinski definition) is 6. The number of nitrogens with zero attached hydrogens (tertiary/aromatic N) is 2. The average Bonchev–Trinajstić information content (AvgIpc) is 2.86. The summed E-state index contributed by atoms with van der Waals surface area (Å²) in [6.07, 6.45) is 7.80. The van der Waals surface area contributed by atoms with E-state index in [2.05, 4.69) is 27.7 Å². The van der Waals surface area contributed by atoms with Crippen molar-refractivity contribution >= 4 is 11.8 Å². The second-order valence-corrected chi connectivity index (χ2v) is 9.13. The monoisotopic (exact) mass is 450 g/mol. The Bertz CT molecular complexity index is 881. The standard InChI is InChI=1S/C27H38N4O2/c1-2-33-27(32)25(21-9-4-3-5-10-21)31-19-15-23(16-20-31)28-17-7-6-12-24-14-13-22-11-8-18-29-26(22)30-24/h3-5,9-10,13-14,23,25,28H,2,6-8,11-12,15-20H2,1H3,(H,29,30). The highest BCUT2D eigenvalue weighted by atomic mass is 16.5. The van der Waals surface area contributed by atoms with Crippen LogP contribution in [0.15, 0.2) is 42.5 Å². The number of rotatable bonds is 10. The fourth-order valence-corrected chi connectivity index (χ4v) is 4.96. The fourth-order valence-electron chi connectivity index (χ4n) is 4.96. The maximum absolute atomic E-state index is 12.7. The summed E-state index contributed by atoms with van der Waals surface area (Å²) in [6.45, 7) is 6.17. The number of esters is 1. The van der Waals surface area contributed by atoms with E-state index < -0.39 is 0 Å². The van der Waals surface area contributed by atoms with E-state index in [-0.39, 0.29) is 12.0 Å². The van der Waals surface area contributed by atoms with Gasteiger partial charge in [-0.05, 0) is 75.6 Å². The molecule has 1 saturated heterocycles. The molecular formula is C27H38N4O2. The van der Waals surface area contributed by atoms with Gasteiger partial charge in [0.15, 0.2) is 0 Å². The van der Waals surface area contributed by atoms with E-state index in [1.807, 2.05) is 37.3 Å². The molecule has 33 heavy (non-hydrogen) atoms. The number of aromatic nitrogens is 1. The van der Waals surface area contributed by atoms with Gasteiger partial charge in [0.25, 0.3) is 0 Å². The SMILES string of the molecule is CCOC(=O)C(c1ccccc1)N1CCC(NCCCCc2ccc3c(n2)NCCC3)CC1. The number of carbonyl (C=O) groups is 1. The van der Waals surface area contributed by atoms with E-state index >= 15 is 0 Å². The smallest absolute Gasteiger partial charge is 0.327 e. The van der Waals surface area contributed by atoms with Gasteiger partial charge in [-0.1, -0.05) is 36.4 Å². The molecule has 0 radical (unpaired) electrons. The molecule has 1 aromatic carbocycles. The summed E-state index contributed by atoms with van der Waals surface area (Å²) < 4.78 is 5.39. The third-order valence-electron chi connectivity index (χ3n) is 6.76. The van der Waals surface area contributed by atoms with Gasteiger partial charge in [-0.25, -0.2) is 9.78 Å². The molecular weight excluding hydrogens is 412 g/mol. The lowest BCUT2D eigenvalue weighted by Crippen LogP contribution is -2.46. The minimum Gasteiger partial charge on any atom is -0.465 e. The van der Waals surface area contributed by atoms with E-state index in [4.69, 9.17) is 9.72 Å². The maximum atomic E-state index is 12.7. The van der Waals surface area contributed by atoms with E-state index in [9.17, 15) is 4.79 Å². The molecule has 1 aromatic heterocycles. The normalized spacial score (nSPS) is 17.7. The van der Waals surface area contributed by atoms with Gasteiger partial charge < -0.3 is 15.4 Å². The van der Waals surface area contributed by atoms with Crippen LogP contribution in [0.2, 0.25) is 0 Å². The lowest BCUT2D eigenvalue weighted by molar-refractivity contribution is -0.150. The first-order valence-corrected chi connectivity index (χ1v) is 12.7. The molecule has 2 N–H and O–H groups in total. The van der Waals surface area contributed by atoms with Gasteiger partial charge in [0.05, 0.1) is 6.61 Å². The van der Waals surface area contributed by atoms with Crippen LogP contribution in [-0.4, -0.2) is 54.7 Å². The van der Waals surface area contributed by atoms with Gasteiger partial charge in [-0.15, -0.1) is 0 Å². The van der Waals surface area contributed by atoms with E-state index in [1.165, 1.54) is 17.7 Å². The van der Waals surface area contributed by atoms with Crippen LogP contribution in [0.25, 0.3) is 0 Å². The van der Waals surface area contributed by atoms with Gasteiger partial charge in [0, 0.05) is 31.4 Å². The zero-order valence-electron chi connectivity index (χ0n) is 19.9. The minimum absolute atomic E-state index is 0.138. The van der Waals surface area contributed by atoms with Crippen LogP contribution in [-0.2, 0) is 22.4 Å². The average molecular weight is 451 g/mol. The zero-order valence-corrected chi connectivity index (χ0v) is 19.9. The molecule has 6 heteroatoms. The molecule has 4 rings (SSSR count). The Morgan fingerprint density at radius 1 is 1.18 bits per heavy atom. The van der Waals surface area contributed by atoms with Crippen LogP contribution in [0.5, 0.6) is 0 Å². The van der Waals surface area contributed by atoms with Crippen molar-refractivity contribution in [1.82, 2.24) is 15.2 Å². The van der Waals surface area contributed by atoms with Crippen LogP contribution in [0.3, 0.4) is 0 Å². The Morgan fingerprint density at radius 3 is 2.79 bits per heavy atom. The van der Waals surface area contributed by atoms with Gasteiger partial charge in [0.2, 0.25) is 0 Å². The Hall–Kier alpha value is -2.44. The van der Waals surface area contributed by atoms with Crippen molar-refractivity contribution in [3.63, 3.8) is 0 Å². The van der Waals surface area contributed by atoms with E-state index in [0.717, 1.165) is 76.1 Å². The number of likely N-dealkylation sites (tertiary alicyclic amines) is 1. The molecule has 0 amide bonds. The maximum Gasteiger partial charge on any atom is 0.327 e. The topological polar surface area (TPSA) is 66.5 Å². The second kappa shape index (κ2) is 12.1. The summed E-state index contributed by atoms with van der Waals surface area (Å²) in [5.74, 6) is 0.960. The molecule has 0 aliphatic carbocycles. The largest absolute Gasteiger partial charge is 0.465 e. The van der Waals surface area contributed by atoms with Crippen molar-refractivity contribution in [2.45, 2.75) is 64.0 Å². The van der Waals surface area contributed by atoms with Crippen LogP contribution < -0.4 is 10.6 Å². The van der Waals surface area contributed by atoms with Crippen molar-refractivity contribution in [2.75, 3.05) is 38.1 Å². The number of pyridine rings is 1. The van der Waals surface area contributed by atoms with Crippen LogP contribution >= 0.6 is 0 Å². The molecule has 1 unspecified atom stereocenters. The first kappa shape index (κ1) is 23.7. The number of nitrogens with one attached hydrogen (secondary N) is 2. The summed E-state index contributed by atoms with van der Waals surface area (Å²) in [5, 5.41) is 7.16. The van der Waals surface area contributed by atoms with Crippen molar-refractivity contribution < 1.29 is 9.53 Å². The number of hydrogen-bond donors (Lipinski definition) is 2. The third-order valence-corrected chi connectivity index (χ3v) is 6.76. The first-order valence-electron chi connectivity index (χ1n) is 12.7.